The number of piperazine rings is 1. The van der Waals surface area contributed by atoms with Gasteiger partial charge < -0.3 is 9.64 Å². The number of nitro groups is 1. The van der Waals surface area contributed by atoms with Crippen molar-refractivity contribution in [2.45, 2.75) is 6.42 Å². The fourth-order valence-electron chi connectivity index (χ4n) is 3.39. The van der Waals surface area contributed by atoms with E-state index in [2.05, 4.69) is 9.80 Å². The number of anilines is 1. The zero-order chi connectivity index (χ0) is 21.0. The zero-order valence-electron chi connectivity index (χ0n) is 17.0. The molecule has 0 unspecified atom stereocenters. The van der Waals surface area contributed by atoms with E-state index in [0.29, 0.717) is 18.2 Å². The van der Waals surface area contributed by atoms with Crippen molar-refractivity contribution in [2.24, 2.45) is 14.1 Å². The second-order valence-corrected chi connectivity index (χ2v) is 7.03. The summed E-state index contributed by atoms with van der Waals surface area (Å²) in [6.45, 7) is 4.42. The van der Waals surface area contributed by atoms with Crippen molar-refractivity contribution in [3.8, 4) is 5.75 Å². The summed E-state index contributed by atoms with van der Waals surface area (Å²) in [5.74, 6) is 1.14. The van der Waals surface area contributed by atoms with E-state index in [4.69, 9.17) is 4.74 Å². The van der Waals surface area contributed by atoms with Crippen molar-refractivity contribution < 1.29 is 9.66 Å². The minimum Gasteiger partial charge on any atom is -0.493 e. The van der Waals surface area contributed by atoms with Crippen molar-refractivity contribution in [1.29, 1.82) is 0 Å². The molecule has 0 N–H and O–H groups in total. The third kappa shape index (κ3) is 5.39. The Kier molecular flexibility index (Phi) is 8.01. The number of non-ortho nitro benzene ring substituents is 1. The Morgan fingerprint density at radius 1 is 1.07 bits per heavy atom. The van der Waals surface area contributed by atoms with Crippen molar-refractivity contribution in [3.05, 3.63) is 61.3 Å². The molecular weight excluding hydrogens is 414 g/mol. The van der Waals surface area contributed by atoms with Crippen LogP contribution in [0.1, 0.15) is 6.42 Å². The summed E-state index contributed by atoms with van der Waals surface area (Å²) in [6, 6.07) is 7.68. The van der Waals surface area contributed by atoms with E-state index in [1.807, 2.05) is 0 Å². The molecule has 0 saturated carbocycles. The van der Waals surface area contributed by atoms with Crippen LogP contribution in [0.4, 0.5) is 11.5 Å². The molecule has 2 heterocycles. The minimum absolute atomic E-state index is 0. The van der Waals surface area contributed by atoms with E-state index in [9.17, 15) is 19.7 Å². The van der Waals surface area contributed by atoms with E-state index >= 15 is 0 Å². The summed E-state index contributed by atoms with van der Waals surface area (Å²) in [7, 11) is 3.15. The van der Waals surface area contributed by atoms with Crippen LogP contribution in [0.2, 0.25) is 0 Å². The van der Waals surface area contributed by atoms with Crippen LogP contribution in [0.15, 0.2) is 39.9 Å². The van der Waals surface area contributed by atoms with Crippen molar-refractivity contribution in [3.63, 3.8) is 0 Å². The van der Waals surface area contributed by atoms with Crippen LogP contribution >= 0.6 is 12.4 Å². The smallest absolute Gasteiger partial charge is 0.332 e. The number of hydrogen-bond acceptors (Lipinski definition) is 7. The van der Waals surface area contributed by atoms with Gasteiger partial charge in [-0.25, -0.2) is 4.79 Å². The summed E-state index contributed by atoms with van der Waals surface area (Å²) in [4.78, 5) is 38.7. The number of aromatic nitrogens is 2. The molecule has 1 aliphatic heterocycles. The molecule has 3 rings (SSSR count). The van der Waals surface area contributed by atoms with Crippen LogP contribution in [0.25, 0.3) is 0 Å². The quantitative estimate of drug-likeness (QED) is 0.360. The van der Waals surface area contributed by atoms with E-state index in [1.165, 1.54) is 29.8 Å². The van der Waals surface area contributed by atoms with Gasteiger partial charge in [-0.3, -0.25) is 28.9 Å². The molecule has 1 saturated heterocycles. The fourth-order valence-corrected chi connectivity index (χ4v) is 3.39. The van der Waals surface area contributed by atoms with E-state index in [0.717, 1.165) is 43.7 Å². The summed E-state index contributed by atoms with van der Waals surface area (Å²) in [6.07, 6.45) is 0.799. The molecule has 0 aliphatic carbocycles. The normalized spacial score (nSPS) is 14.3. The maximum Gasteiger partial charge on any atom is 0.332 e. The second-order valence-electron chi connectivity index (χ2n) is 7.03. The van der Waals surface area contributed by atoms with Crippen LogP contribution in [-0.4, -0.2) is 58.3 Å². The molecule has 1 fully saturated rings. The number of rotatable bonds is 7. The Morgan fingerprint density at radius 3 is 2.43 bits per heavy atom. The maximum absolute atomic E-state index is 12.1. The zero-order valence-corrected chi connectivity index (χ0v) is 17.8. The lowest BCUT2D eigenvalue weighted by atomic mass is 10.3. The summed E-state index contributed by atoms with van der Waals surface area (Å²) in [5, 5.41) is 10.8. The van der Waals surface area contributed by atoms with Crippen molar-refractivity contribution in [2.75, 3.05) is 44.2 Å². The highest BCUT2D eigenvalue weighted by molar-refractivity contribution is 5.85. The van der Waals surface area contributed by atoms with Crippen LogP contribution in [-0.2, 0) is 14.1 Å². The van der Waals surface area contributed by atoms with Gasteiger partial charge in [-0.05, 0) is 12.5 Å². The molecule has 30 heavy (non-hydrogen) atoms. The molecule has 2 aromatic rings. The average molecular weight is 440 g/mol. The van der Waals surface area contributed by atoms with Gasteiger partial charge >= 0.3 is 5.69 Å². The van der Waals surface area contributed by atoms with Crippen molar-refractivity contribution in [1.82, 2.24) is 14.0 Å². The van der Waals surface area contributed by atoms with Gasteiger partial charge in [0.25, 0.3) is 11.2 Å². The van der Waals surface area contributed by atoms with Gasteiger partial charge in [0.2, 0.25) is 0 Å². The summed E-state index contributed by atoms with van der Waals surface area (Å²) >= 11 is 0. The third-order valence-electron chi connectivity index (χ3n) is 5.11. The number of nitrogens with zero attached hydrogens (tertiary/aromatic N) is 5. The standard InChI is InChI=1S/C19H25N5O5.ClH/c1-20-17(14-18(25)21(2)19(20)26)23-10-8-22(9-11-23)7-4-12-29-16-6-3-5-15(13-16)24(27)28;/h3,5-6,13-14H,4,7-12H2,1-2H3;1H. The van der Waals surface area contributed by atoms with E-state index in [-0.39, 0.29) is 29.3 Å². The first-order valence-corrected chi connectivity index (χ1v) is 9.48. The van der Waals surface area contributed by atoms with Gasteiger partial charge in [-0.1, -0.05) is 6.07 Å². The predicted molar refractivity (Wildman–Crippen MR) is 116 cm³/mol. The van der Waals surface area contributed by atoms with E-state index in [1.54, 1.807) is 19.2 Å². The Labute approximate surface area is 179 Å². The number of hydrogen-bond donors (Lipinski definition) is 0. The lowest BCUT2D eigenvalue weighted by molar-refractivity contribution is -0.384. The van der Waals surface area contributed by atoms with Gasteiger partial charge in [-0.2, -0.15) is 0 Å². The second kappa shape index (κ2) is 10.3. The number of nitro benzene ring substituents is 1. The Morgan fingerprint density at radius 2 is 1.77 bits per heavy atom. The first kappa shape index (κ1) is 23.4. The van der Waals surface area contributed by atoms with Gasteiger partial charge in [0, 0.05) is 59.0 Å². The highest BCUT2D eigenvalue weighted by Crippen LogP contribution is 2.19. The molecule has 11 heteroatoms. The van der Waals surface area contributed by atoms with Gasteiger partial charge in [0.1, 0.15) is 11.6 Å². The number of halogens is 1. The maximum atomic E-state index is 12.1. The van der Waals surface area contributed by atoms with Crippen LogP contribution in [0.5, 0.6) is 5.75 Å². The van der Waals surface area contributed by atoms with Gasteiger partial charge in [-0.15, -0.1) is 12.4 Å². The van der Waals surface area contributed by atoms with E-state index < -0.39 is 4.92 Å². The largest absolute Gasteiger partial charge is 0.493 e. The van der Waals surface area contributed by atoms with Gasteiger partial charge in [0.05, 0.1) is 17.6 Å². The average Bonchev–Trinajstić information content (AvgIpc) is 2.73. The van der Waals surface area contributed by atoms with Crippen molar-refractivity contribution >= 4 is 23.9 Å². The molecule has 0 bridgehead atoms. The first-order chi connectivity index (χ1) is 13.9. The molecule has 1 aliphatic rings. The SMILES string of the molecule is Cl.Cn1c(N2CCN(CCCOc3cccc([N+](=O)[O-])c3)CC2)cc(=O)n(C)c1=O. The molecule has 1 aromatic heterocycles. The highest BCUT2D eigenvalue weighted by atomic mass is 35.5. The molecule has 0 amide bonds. The molecule has 0 atom stereocenters. The summed E-state index contributed by atoms with van der Waals surface area (Å²) < 4.78 is 8.22. The fraction of sp³-hybridized carbons (Fsp3) is 0.474. The summed E-state index contributed by atoms with van der Waals surface area (Å²) in [5.41, 5.74) is -0.610. The van der Waals surface area contributed by atoms with Crippen LogP contribution < -0.4 is 20.9 Å². The number of ether oxygens (including phenoxy) is 1. The first-order valence-electron chi connectivity index (χ1n) is 9.48. The molecular formula is C19H26ClN5O5. The highest BCUT2D eigenvalue weighted by Gasteiger charge is 2.20. The van der Waals surface area contributed by atoms with Crippen LogP contribution in [0, 0.1) is 10.1 Å². The molecule has 0 spiro atoms. The number of benzene rings is 1. The molecule has 1 aromatic carbocycles. The Balaban J connectivity index is 0.00000320. The minimum atomic E-state index is -0.440. The molecule has 164 valence electrons. The molecule has 0 radical (unpaired) electrons. The van der Waals surface area contributed by atoms with Gasteiger partial charge in [0.15, 0.2) is 0 Å². The lowest BCUT2D eigenvalue weighted by Gasteiger charge is -2.36. The Hall–Kier alpha value is -2.85. The Bertz CT molecular complexity index is 998. The lowest BCUT2D eigenvalue weighted by Crippen LogP contribution is -2.49. The van der Waals surface area contributed by atoms with Crippen LogP contribution in [0.3, 0.4) is 0 Å². The third-order valence-corrected chi connectivity index (χ3v) is 5.11. The topological polar surface area (TPSA) is 103 Å². The predicted octanol–water partition coefficient (Wildman–Crippen LogP) is 1.01. The monoisotopic (exact) mass is 439 g/mol. The molecule has 10 nitrogen and oxygen atoms in total.